The molecule has 10 heteroatoms. The molecule has 1 heterocycles. The summed E-state index contributed by atoms with van der Waals surface area (Å²) in [5.74, 6) is -0.471. The third-order valence-corrected chi connectivity index (χ3v) is 5.11. The molecule has 1 saturated heterocycles. The lowest BCUT2D eigenvalue weighted by Gasteiger charge is -2.14. The second-order valence-electron chi connectivity index (χ2n) is 5.70. The summed E-state index contributed by atoms with van der Waals surface area (Å²) in [6.45, 7) is -0.325. The number of methoxy groups -OCH3 is 1. The monoisotopic (exact) mass is 452 g/mol. The van der Waals surface area contributed by atoms with Gasteiger partial charge in [0, 0.05) is 0 Å². The fourth-order valence-electron chi connectivity index (χ4n) is 2.42. The highest BCUT2D eigenvalue weighted by Crippen LogP contribution is 2.38. The Bertz CT molecular complexity index is 1030. The highest BCUT2D eigenvalue weighted by Gasteiger charge is 2.25. The summed E-state index contributed by atoms with van der Waals surface area (Å²) in [6.07, 6.45) is 1.51. The number of hydrogen-bond acceptors (Lipinski definition) is 6. The van der Waals surface area contributed by atoms with Crippen molar-refractivity contribution in [2.45, 2.75) is 0 Å². The molecule has 3 rings (SSSR count). The van der Waals surface area contributed by atoms with Crippen LogP contribution in [0, 0.1) is 0 Å². The minimum atomic E-state index is -0.480. The summed E-state index contributed by atoms with van der Waals surface area (Å²) < 4.78 is 10.8. The van der Waals surface area contributed by atoms with E-state index in [-0.39, 0.29) is 28.0 Å². The second kappa shape index (κ2) is 9.21. The first-order valence-corrected chi connectivity index (χ1v) is 9.74. The van der Waals surface area contributed by atoms with Crippen LogP contribution in [0.25, 0.3) is 6.08 Å². The molecule has 150 valence electrons. The number of carbonyl (C=O) groups excluding carboxylic acids is 3. The molecule has 0 aliphatic carbocycles. The summed E-state index contributed by atoms with van der Waals surface area (Å²) in [6, 6.07) is 9.93. The van der Waals surface area contributed by atoms with Crippen LogP contribution in [-0.2, 0) is 9.59 Å². The number of thioether (sulfide) groups is 1. The van der Waals surface area contributed by atoms with Crippen LogP contribution in [0.1, 0.15) is 5.56 Å². The molecular weight excluding hydrogens is 439 g/mol. The molecule has 0 saturated carbocycles. The van der Waals surface area contributed by atoms with E-state index in [1.165, 1.54) is 19.3 Å². The smallest absolute Gasteiger partial charge is 0.290 e. The van der Waals surface area contributed by atoms with Gasteiger partial charge in [-0.1, -0.05) is 35.3 Å². The Morgan fingerprint density at radius 1 is 1.21 bits per heavy atom. The second-order valence-corrected chi connectivity index (χ2v) is 7.53. The Morgan fingerprint density at radius 3 is 2.62 bits per heavy atom. The van der Waals surface area contributed by atoms with Gasteiger partial charge in [-0.2, -0.15) is 0 Å². The predicted octanol–water partition coefficient (Wildman–Crippen LogP) is 4.34. The van der Waals surface area contributed by atoms with Crippen LogP contribution in [0.15, 0.2) is 41.3 Å². The van der Waals surface area contributed by atoms with Crippen molar-refractivity contribution in [3.05, 3.63) is 56.9 Å². The first-order chi connectivity index (χ1) is 13.9. The van der Waals surface area contributed by atoms with E-state index < -0.39 is 17.1 Å². The van der Waals surface area contributed by atoms with Crippen LogP contribution < -0.4 is 20.1 Å². The number of hydrogen-bond donors (Lipinski definition) is 2. The maximum absolute atomic E-state index is 12.1. The van der Waals surface area contributed by atoms with Crippen molar-refractivity contribution < 1.29 is 23.9 Å². The molecule has 3 amide bonds. The van der Waals surface area contributed by atoms with Gasteiger partial charge in [-0.25, -0.2) is 0 Å². The van der Waals surface area contributed by atoms with Gasteiger partial charge in [-0.15, -0.1) is 0 Å². The Kier molecular flexibility index (Phi) is 6.68. The van der Waals surface area contributed by atoms with Crippen LogP contribution in [0.4, 0.5) is 10.5 Å². The van der Waals surface area contributed by atoms with E-state index in [1.807, 2.05) is 0 Å². The molecule has 7 nitrogen and oxygen atoms in total. The quantitative estimate of drug-likeness (QED) is 0.632. The van der Waals surface area contributed by atoms with Crippen molar-refractivity contribution in [1.82, 2.24) is 5.32 Å². The summed E-state index contributed by atoms with van der Waals surface area (Å²) in [5.41, 5.74) is 0.997. The predicted molar refractivity (Wildman–Crippen MR) is 113 cm³/mol. The van der Waals surface area contributed by atoms with E-state index in [9.17, 15) is 14.4 Å². The first kappa shape index (κ1) is 21.0. The van der Waals surface area contributed by atoms with Crippen LogP contribution in [0.5, 0.6) is 11.5 Å². The lowest BCUT2D eigenvalue weighted by atomic mass is 10.2. The number of benzene rings is 2. The van der Waals surface area contributed by atoms with Crippen molar-refractivity contribution in [2.24, 2.45) is 0 Å². The zero-order valence-corrected chi connectivity index (χ0v) is 17.3. The lowest BCUT2D eigenvalue weighted by molar-refractivity contribution is -0.118. The molecule has 0 bridgehead atoms. The number of para-hydroxylation sites is 1. The Balaban J connectivity index is 1.73. The molecule has 1 aliphatic rings. The molecule has 0 atom stereocenters. The van der Waals surface area contributed by atoms with E-state index in [4.69, 9.17) is 32.7 Å². The third-order valence-electron chi connectivity index (χ3n) is 3.69. The molecule has 0 aromatic heterocycles. The number of carbonyl (C=O) groups is 3. The maximum Gasteiger partial charge on any atom is 0.290 e. The van der Waals surface area contributed by atoms with E-state index in [0.29, 0.717) is 16.3 Å². The molecule has 0 spiro atoms. The van der Waals surface area contributed by atoms with Crippen LogP contribution in [0.3, 0.4) is 0 Å². The fourth-order valence-corrected chi connectivity index (χ4v) is 3.56. The number of anilines is 1. The Morgan fingerprint density at radius 2 is 1.97 bits per heavy atom. The van der Waals surface area contributed by atoms with Gasteiger partial charge in [0.1, 0.15) is 0 Å². The topological polar surface area (TPSA) is 93.7 Å². The van der Waals surface area contributed by atoms with E-state index in [2.05, 4.69) is 10.6 Å². The maximum atomic E-state index is 12.1. The van der Waals surface area contributed by atoms with Crippen molar-refractivity contribution >= 4 is 63.8 Å². The standard InChI is InChI=1S/C19H14Cl2N2O5S/c1-27-14-7-10(8-15-18(25)23-19(26)29-15)6-12(21)17(14)28-9-16(24)22-13-5-3-2-4-11(13)20/h2-8H,9H2,1H3,(H,22,24)(H,23,25,26)/b15-8-. The average molecular weight is 453 g/mol. The normalized spacial score (nSPS) is 14.7. The Hall–Kier alpha value is -2.68. The molecule has 29 heavy (non-hydrogen) atoms. The van der Waals surface area contributed by atoms with Gasteiger partial charge in [0.2, 0.25) is 0 Å². The van der Waals surface area contributed by atoms with Crippen LogP contribution >= 0.6 is 35.0 Å². The SMILES string of the molecule is COc1cc(/C=C2\SC(=O)NC2=O)cc(Cl)c1OCC(=O)Nc1ccccc1Cl. The van der Waals surface area contributed by atoms with E-state index >= 15 is 0 Å². The van der Waals surface area contributed by atoms with Crippen LogP contribution in [0.2, 0.25) is 10.0 Å². The van der Waals surface area contributed by atoms with E-state index in [0.717, 1.165) is 11.8 Å². The van der Waals surface area contributed by atoms with Gasteiger partial charge < -0.3 is 14.8 Å². The number of nitrogens with one attached hydrogen (secondary N) is 2. The molecule has 2 aromatic rings. The number of amides is 3. The van der Waals surface area contributed by atoms with Crippen molar-refractivity contribution in [3.63, 3.8) is 0 Å². The highest BCUT2D eigenvalue weighted by atomic mass is 35.5. The van der Waals surface area contributed by atoms with Gasteiger partial charge in [-0.3, -0.25) is 19.7 Å². The average Bonchev–Trinajstić information content (AvgIpc) is 2.99. The molecule has 1 fully saturated rings. The number of rotatable bonds is 6. The van der Waals surface area contributed by atoms with E-state index in [1.54, 1.807) is 30.3 Å². The van der Waals surface area contributed by atoms with Crippen LogP contribution in [-0.4, -0.2) is 30.8 Å². The van der Waals surface area contributed by atoms with Crippen molar-refractivity contribution in [3.8, 4) is 11.5 Å². The highest BCUT2D eigenvalue weighted by molar-refractivity contribution is 8.18. The third kappa shape index (κ3) is 5.23. The lowest BCUT2D eigenvalue weighted by Crippen LogP contribution is -2.20. The molecule has 2 aromatic carbocycles. The summed E-state index contributed by atoms with van der Waals surface area (Å²) >= 11 is 13.1. The summed E-state index contributed by atoms with van der Waals surface area (Å²) in [5, 5.41) is 4.95. The van der Waals surface area contributed by atoms with Crippen molar-refractivity contribution in [1.29, 1.82) is 0 Å². The number of imide groups is 1. The minimum absolute atomic E-state index is 0.172. The first-order valence-electron chi connectivity index (χ1n) is 8.17. The zero-order valence-electron chi connectivity index (χ0n) is 15.0. The van der Waals surface area contributed by atoms with Gasteiger partial charge in [-0.05, 0) is 47.7 Å². The molecule has 0 unspecified atom stereocenters. The number of halogens is 2. The minimum Gasteiger partial charge on any atom is -0.493 e. The largest absolute Gasteiger partial charge is 0.493 e. The Labute approximate surface area is 180 Å². The number of ether oxygens (including phenoxy) is 2. The molecule has 2 N–H and O–H groups in total. The van der Waals surface area contributed by atoms with Gasteiger partial charge in [0.15, 0.2) is 18.1 Å². The zero-order chi connectivity index (χ0) is 21.0. The molecular formula is C19H14Cl2N2O5S. The summed E-state index contributed by atoms with van der Waals surface area (Å²) in [7, 11) is 1.42. The fraction of sp³-hybridized carbons (Fsp3) is 0.105. The molecule has 0 radical (unpaired) electrons. The summed E-state index contributed by atoms with van der Waals surface area (Å²) in [4.78, 5) is 35.3. The van der Waals surface area contributed by atoms with Gasteiger partial charge in [0.05, 0.1) is 27.7 Å². The van der Waals surface area contributed by atoms with Gasteiger partial charge >= 0.3 is 0 Å². The van der Waals surface area contributed by atoms with Gasteiger partial charge in [0.25, 0.3) is 17.1 Å². The van der Waals surface area contributed by atoms with Crippen molar-refractivity contribution in [2.75, 3.05) is 19.0 Å². The molecule has 1 aliphatic heterocycles.